The molecular formula is C10H12N2O. The predicted octanol–water partition coefficient (Wildman–Crippen LogP) is 1.68. The fraction of sp³-hybridized carbons (Fsp3) is 0.200. The summed E-state index contributed by atoms with van der Waals surface area (Å²) in [5.74, 6) is 0.772. The van der Waals surface area contributed by atoms with Crippen molar-refractivity contribution in [3.05, 3.63) is 42.5 Å². The fourth-order valence-corrected chi connectivity index (χ4v) is 1.11. The number of rotatable bonds is 5. The number of allylic oxidation sites excluding steroid dienone is 2. The second-order valence-electron chi connectivity index (χ2n) is 2.65. The van der Waals surface area contributed by atoms with Gasteiger partial charge < -0.3 is 4.98 Å². The van der Waals surface area contributed by atoms with Gasteiger partial charge in [0.25, 0.3) is 0 Å². The first-order valence-corrected chi connectivity index (χ1v) is 4.06. The van der Waals surface area contributed by atoms with Crippen molar-refractivity contribution in [2.24, 2.45) is 0 Å². The number of imidazole rings is 1. The molecule has 0 fully saturated rings. The molecule has 0 saturated carbocycles. The van der Waals surface area contributed by atoms with Gasteiger partial charge in [0.15, 0.2) is 6.29 Å². The Hall–Kier alpha value is -1.64. The third-order valence-corrected chi connectivity index (χ3v) is 1.66. The molecule has 0 atom stereocenters. The molecule has 0 aliphatic heterocycles. The quantitative estimate of drug-likeness (QED) is 0.548. The van der Waals surface area contributed by atoms with Gasteiger partial charge in [0.1, 0.15) is 11.5 Å². The molecule has 1 N–H and O–H groups in total. The van der Waals surface area contributed by atoms with E-state index in [0.29, 0.717) is 18.5 Å². The number of hydrogen-bond donors (Lipinski definition) is 1. The Kier molecular flexibility index (Phi) is 3.20. The van der Waals surface area contributed by atoms with E-state index in [4.69, 9.17) is 0 Å². The maximum atomic E-state index is 10.6. The lowest BCUT2D eigenvalue weighted by atomic mass is 10.2. The topological polar surface area (TPSA) is 45.8 Å². The van der Waals surface area contributed by atoms with Crippen LogP contribution in [-0.4, -0.2) is 16.3 Å². The van der Waals surface area contributed by atoms with Gasteiger partial charge in [-0.15, -0.1) is 13.2 Å². The van der Waals surface area contributed by atoms with Crippen LogP contribution in [0.4, 0.5) is 0 Å². The van der Waals surface area contributed by atoms with E-state index in [0.717, 1.165) is 17.8 Å². The smallest absolute Gasteiger partial charge is 0.170 e. The minimum absolute atomic E-state index is 0.469. The maximum absolute atomic E-state index is 10.6. The van der Waals surface area contributed by atoms with Gasteiger partial charge in [0, 0.05) is 18.5 Å². The van der Waals surface area contributed by atoms with E-state index in [1.165, 1.54) is 0 Å². The summed E-state index contributed by atoms with van der Waals surface area (Å²) in [6, 6.07) is 0. The van der Waals surface area contributed by atoms with Crippen LogP contribution in [0.2, 0.25) is 0 Å². The average Bonchev–Trinajstić information content (AvgIpc) is 2.49. The zero-order chi connectivity index (χ0) is 9.68. The lowest BCUT2D eigenvalue weighted by Crippen LogP contribution is -1.88. The van der Waals surface area contributed by atoms with Crippen LogP contribution >= 0.6 is 0 Å². The highest BCUT2D eigenvalue weighted by Crippen LogP contribution is 2.06. The third kappa shape index (κ3) is 2.15. The molecule has 13 heavy (non-hydrogen) atoms. The number of carbonyl (C=O) groups excluding carboxylic acids is 1. The van der Waals surface area contributed by atoms with E-state index in [-0.39, 0.29) is 0 Å². The first kappa shape index (κ1) is 9.45. The van der Waals surface area contributed by atoms with Crippen LogP contribution in [0.15, 0.2) is 25.3 Å². The van der Waals surface area contributed by atoms with E-state index < -0.39 is 0 Å². The van der Waals surface area contributed by atoms with Crippen LogP contribution in [0.25, 0.3) is 0 Å². The summed E-state index contributed by atoms with van der Waals surface area (Å²) >= 11 is 0. The number of aromatic nitrogens is 2. The van der Waals surface area contributed by atoms with Crippen LogP contribution in [0.1, 0.15) is 22.0 Å². The molecule has 0 aliphatic carbocycles. The third-order valence-electron chi connectivity index (χ3n) is 1.66. The summed E-state index contributed by atoms with van der Waals surface area (Å²) in [5, 5.41) is 0. The number of nitrogens with zero attached hydrogens (tertiary/aromatic N) is 1. The number of aromatic amines is 1. The number of aldehydes is 1. The summed E-state index contributed by atoms with van der Waals surface area (Å²) in [5.41, 5.74) is 1.29. The number of hydrogen-bond acceptors (Lipinski definition) is 2. The molecule has 3 heteroatoms. The molecule has 0 aromatic carbocycles. The zero-order valence-corrected chi connectivity index (χ0v) is 7.42. The van der Waals surface area contributed by atoms with Crippen molar-refractivity contribution in [3.63, 3.8) is 0 Å². The number of nitrogens with one attached hydrogen (secondary N) is 1. The largest absolute Gasteiger partial charge is 0.345 e. The van der Waals surface area contributed by atoms with Gasteiger partial charge in [0.2, 0.25) is 0 Å². The molecule has 68 valence electrons. The van der Waals surface area contributed by atoms with E-state index >= 15 is 0 Å². The Morgan fingerprint density at radius 1 is 1.31 bits per heavy atom. The molecule has 0 bridgehead atoms. The molecule has 1 rings (SSSR count). The van der Waals surface area contributed by atoms with Crippen molar-refractivity contribution >= 4 is 6.29 Å². The van der Waals surface area contributed by atoms with Gasteiger partial charge in [-0.25, -0.2) is 4.98 Å². The van der Waals surface area contributed by atoms with Crippen LogP contribution in [0.3, 0.4) is 0 Å². The predicted molar refractivity (Wildman–Crippen MR) is 51.8 cm³/mol. The van der Waals surface area contributed by atoms with E-state index in [1.807, 2.05) is 0 Å². The van der Waals surface area contributed by atoms with Crippen LogP contribution in [0.5, 0.6) is 0 Å². The summed E-state index contributed by atoms with van der Waals surface area (Å²) in [4.78, 5) is 17.7. The molecule has 1 heterocycles. The zero-order valence-electron chi connectivity index (χ0n) is 7.42. The van der Waals surface area contributed by atoms with E-state index in [9.17, 15) is 4.79 Å². The molecule has 0 saturated heterocycles. The second kappa shape index (κ2) is 4.40. The van der Waals surface area contributed by atoms with E-state index in [1.54, 1.807) is 12.2 Å². The van der Waals surface area contributed by atoms with E-state index in [2.05, 4.69) is 23.1 Å². The second-order valence-corrected chi connectivity index (χ2v) is 2.65. The maximum Gasteiger partial charge on any atom is 0.170 e. The number of carbonyl (C=O) groups is 1. The van der Waals surface area contributed by atoms with Gasteiger partial charge in [-0.2, -0.15) is 0 Å². The highest BCUT2D eigenvalue weighted by molar-refractivity contribution is 5.73. The van der Waals surface area contributed by atoms with Crippen molar-refractivity contribution in [1.29, 1.82) is 0 Å². The normalized spacial score (nSPS) is 9.54. The van der Waals surface area contributed by atoms with Gasteiger partial charge in [-0.3, -0.25) is 4.79 Å². The Balaban J connectivity index is 2.95. The van der Waals surface area contributed by atoms with Crippen molar-refractivity contribution in [2.75, 3.05) is 0 Å². The summed E-state index contributed by atoms with van der Waals surface area (Å²) in [6.45, 7) is 7.20. The minimum Gasteiger partial charge on any atom is -0.345 e. The SMILES string of the molecule is C=CCc1nc(C=O)c(CC=C)[nH]1. The molecule has 0 spiro atoms. The summed E-state index contributed by atoms with van der Waals surface area (Å²) in [6.07, 6.45) is 5.52. The minimum atomic E-state index is 0.469. The summed E-state index contributed by atoms with van der Waals surface area (Å²) < 4.78 is 0. The Labute approximate surface area is 77.2 Å². The molecule has 0 aliphatic rings. The van der Waals surface area contributed by atoms with Crippen molar-refractivity contribution in [2.45, 2.75) is 12.8 Å². The molecule has 1 aromatic heterocycles. The lowest BCUT2D eigenvalue weighted by Gasteiger charge is -1.89. The van der Waals surface area contributed by atoms with Gasteiger partial charge in [0.05, 0.1) is 0 Å². The van der Waals surface area contributed by atoms with Crippen LogP contribution < -0.4 is 0 Å². The first-order chi connectivity index (χ1) is 6.31. The molecule has 3 nitrogen and oxygen atoms in total. The highest BCUT2D eigenvalue weighted by atomic mass is 16.1. The molecule has 0 amide bonds. The molecular weight excluding hydrogens is 164 g/mol. The Morgan fingerprint density at radius 3 is 2.54 bits per heavy atom. The van der Waals surface area contributed by atoms with Gasteiger partial charge >= 0.3 is 0 Å². The first-order valence-electron chi connectivity index (χ1n) is 4.06. The fourth-order valence-electron chi connectivity index (χ4n) is 1.11. The Bertz CT molecular complexity index is 326. The molecule has 1 aromatic rings. The standard InChI is InChI=1S/C10H12N2O/c1-3-5-8-9(7-13)12-10(11-8)6-4-2/h3-4,7H,1-2,5-6H2,(H,11,12). The van der Waals surface area contributed by atoms with Crippen molar-refractivity contribution < 1.29 is 4.79 Å². The van der Waals surface area contributed by atoms with Gasteiger partial charge in [-0.05, 0) is 0 Å². The molecule has 0 unspecified atom stereocenters. The highest BCUT2D eigenvalue weighted by Gasteiger charge is 2.06. The number of H-pyrrole nitrogens is 1. The summed E-state index contributed by atoms with van der Waals surface area (Å²) in [7, 11) is 0. The van der Waals surface area contributed by atoms with Crippen molar-refractivity contribution in [3.8, 4) is 0 Å². The van der Waals surface area contributed by atoms with Crippen LogP contribution in [0, 0.1) is 0 Å². The monoisotopic (exact) mass is 176 g/mol. The lowest BCUT2D eigenvalue weighted by molar-refractivity contribution is 0.111. The van der Waals surface area contributed by atoms with Gasteiger partial charge in [-0.1, -0.05) is 12.2 Å². The average molecular weight is 176 g/mol. The Morgan fingerprint density at radius 2 is 2.00 bits per heavy atom. The molecule has 0 radical (unpaired) electrons. The van der Waals surface area contributed by atoms with Crippen molar-refractivity contribution in [1.82, 2.24) is 9.97 Å². The van der Waals surface area contributed by atoms with Crippen LogP contribution in [-0.2, 0) is 12.8 Å².